The van der Waals surface area contributed by atoms with Gasteiger partial charge >= 0.3 is 0 Å². The molecular formula is C13H22N2S. The van der Waals surface area contributed by atoms with E-state index in [-0.39, 0.29) is 0 Å². The van der Waals surface area contributed by atoms with Crippen LogP contribution in [0, 0.1) is 5.92 Å². The first-order valence-electron chi connectivity index (χ1n) is 6.33. The fraction of sp³-hybridized carbons (Fsp3) is 0.692. The molecule has 1 aromatic rings. The van der Waals surface area contributed by atoms with Crippen LogP contribution >= 0.6 is 11.3 Å². The number of hydrogen-bond donors (Lipinski definition) is 2. The predicted molar refractivity (Wildman–Crippen MR) is 70.5 cm³/mol. The van der Waals surface area contributed by atoms with Gasteiger partial charge in [-0.2, -0.15) is 0 Å². The molecule has 0 bridgehead atoms. The van der Waals surface area contributed by atoms with E-state index < -0.39 is 0 Å². The molecule has 0 radical (unpaired) electrons. The van der Waals surface area contributed by atoms with E-state index >= 15 is 0 Å². The number of thiophene rings is 1. The molecule has 2 unspecified atom stereocenters. The van der Waals surface area contributed by atoms with Crippen molar-refractivity contribution in [3.8, 4) is 0 Å². The molecule has 90 valence electrons. The molecule has 0 saturated heterocycles. The third-order valence-electron chi connectivity index (χ3n) is 3.56. The zero-order valence-corrected chi connectivity index (χ0v) is 11.1. The van der Waals surface area contributed by atoms with E-state index in [0.29, 0.717) is 12.0 Å². The fourth-order valence-electron chi connectivity index (χ4n) is 2.65. The van der Waals surface area contributed by atoms with Crippen molar-refractivity contribution in [3.05, 3.63) is 21.4 Å². The van der Waals surface area contributed by atoms with Crippen LogP contribution < -0.4 is 11.3 Å². The maximum Gasteiger partial charge on any atom is 0.0578 e. The van der Waals surface area contributed by atoms with Gasteiger partial charge in [0.2, 0.25) is 0 Å². The molecule has 0 spiro atoms. The Kier molecular flexibility index (Phi) is 4.00. The van der Waals surface area contributed by atoms with Crippen LogP contribution in [-0.2, 0) is 12.8 Å². The van der Waals surface area contributed by atoms with Crippen LogP contribution in [0.3, 0.4) is 0 Å². The first-order chi connectivity index (χ1) is 7.76. The summed E-state index contributed by atoms with van der Waals surface area (Å²) in [6.07, 6.45) is 6.35. The third kappa shape index (κ3) is 2.31. The van der Waals surface area contributed by atoms with Crippen molar-refractivity contribution in [1.82, 2.24) is 5.43 Å². The van der Waals surface area contributed by atoms with Gasteiger partial charge in [-0.05, 0) is 43.2 Å². The van der Waals surface area contributed by atoms with Gasteiger partial charge in [-0.25, -0.2) is 0 Å². The third-order valence-corrected chi connectivity index (χ3v) is 4.88. The summed E-state index contributed by atoms with van der Waals surface area (Å²) in [6, 6.07) is 2.72. The smallest absolute Gasteiger partial charge is 0.0578 e. The summed E-state index contributed by atoms with van der Waals surface area (Å²) in [6.45, 7) is 4.53. The summed E-state index contributed by atoms with van der Waals surface area (Å²) in [4.78, 5) is 3.03. The number of hydrazine groups is 1. The second kappa shape index (κ2) is 5.30. The molecule has 2 rings (SSSR count). The Hall–Kier alpha value is -0.380. The molecule has 1 heterocycles. The molecule has 1 aliphatic carbocycles. The lowest BCUT2D eigenvalue weighted by Crippen LogP contribution is -2.32. The molecule has 16 heavy (non-hydrogen) atoms. The van der Waals surface area contributed by atoms with Gasteiger partial charge in [0, 0.05) is 9.75 Å². The Bertz CT molecular complexity index is 324. The summed E-state index contributed by atoms with van der Waals surface area (Å²) < 4.78 is 0. The first kappa shape index (κ1) is 12.1. The maximum absolute atomic E-state index is 5.71. The Morgan fingerprint density at radius 3 is 2.94 bits per heavy atom. The quantitative estimate of drug-likeness (QED) is 0.611. The van der Waals surface area contributed by atoms with Gasteiger partial charge in [-0.15, -0.1) is 11.3 Å². The number of rotatable bonds is 5. The second-order valence-electron chi connectivity index (χ2n) is 4.86. The van der Waals surface area contributed by atoms with E-state index in [9.17, 15) is 0 Å². The largest absolute Gasteiger partial charge is 0.271 e. The van der Waals surface area contributed by atoms with Crippen molar-refractivity contribution < 1.29 is 0 Å². The van der Waals surface area contributed by atoms with Gasteiger partial charge in [0.1, 0.15) is 0 Å². The number of fused-ring (bicyclic) bond motifs is 1. The molecular weight excluding hydrogens is 216 g/mol. The van der Waals surface area contributed by atoms with Crippen LogP contribution in [0.2, 0.25) is 0 Å². The molecule has 0 aromatic carbocycles. The van der Waals surface area contributed by atoms with E-state index in [1.807, 2.05) is 11.3 Å². The van der Waals surface area contributed by atoms with Gasteiger partial charge in [0.25, 0.3) is 0 Å². The molecule has 0 aliphatic heterocycles. The van der Waals surface area contributed by atoms with Crippen LogP contribution in [0.1, 0.15) is 54.5 Å². The zero-order chi connectivity index (χ0) is 11.5. The summed E-state index contributed by atoms with van der Waals surface area (Å²) in [5.74, 6) is 6.33. The highest BCUT2D eigenvalue weighted by Crippen LogP contribution is 2.36. The minimum absolute atomic E-state index is 0.343. The minimum Gasteiger partial charge on any atom is -0.271 e. The van der Waals surface area contributed by atoms with Crippen LogP contribution in [0.5, 0.6) is 0 Å². The first-order valence-corrected chi connectivity index (χ1v) is 7.15. The molecule has 2 atom stereocenters. The van der Waals surface area contributed by atoms with E-state index in [4.69, 9.17) is 5.84 Å². The summed E-state index contributed by atoms with van der Waals surface area (Å²) in [5.41, 5.74) is 4.58. The number of aryl methyl sites for hydroxylation is 2. The average Bonchev–Trinajstić information content (AvgIpc) is 2.79. The van der Waals surface area contributed by atoms with Gasteiger partial charge in [-0.3, -0.25) is 11.3 Å². The van der Waals surface area contributed by atoms with Crippen LogP contribution in [0.15, 0.2) is 6.07 Å². The lowest BCUT2D eigenvalue weighted by Gasteiger charge is -2.21. The van der Waals surface area contributed by atoms with Crippen molar-refractivity contribution in [2.45, 2.75) is 52.0 Å². The summed E-state index contributed by atoms with van der Waals surface area (Å²) in [5, 5.41) is 0. The lowest BCUT2D eigenvalue weighted by atomic mass is 9.96. The number of nitrogens with one attached hydrogen (secondary N) is 1. The molecule has 0 saturated carbocycles. The fourth-order valence-corrected chi connectivity index (χ4v) is 4.11. The van der Waals surface area contributed by atoms with Crippen molar-refractivity contribution >= 4 is 11.3 Å². The highest BCUT2D eigenvalue weighted by atomic mass is 32.1. The normalized spacial score (nSPS) is 18.4. The van der Waals surface area contributed by atoms with E-state index in [0.717, 1.165) is 0 Å². The minimum atomic E-state index is 0.343. The Labute approximate surface area is 102 Å². The van der Waals surface area contributed by atoms with Crippen LogP contribution in [0.25, 0.3) is 0 Å². The van der Waals surface area contributed by atoms with Gasteiger partial charge in [0.15, 0.2) is 0 Å². The summed E-state index contributed by atoms with van der Waals surface area (Å²) in [7, 11) is 0. The zero-order valence-electron chi connectivity index (χ0n) is 10.3. The van der Waals surface area contributed by atoms with E-state index in [1.54, 1.807) is 10.4 Å². The van der Waals surface area contributed by atoms with Gasteiger partial charge in [0.05, 0.1) is 6.04 Å². The topological polar surface area (TPSA) is 38.0 Å². The monoisotopic (exact) mass is 238 g/mol. The lowest BCUT2D eigenvalue weighted by molar-refractivity contribution is 0.373. The van der Waals surface area contributed by atoms with Crippen molar-refractivity contribution in [2.75, 3.05) is 0 Å². The molecule has 3 heteroatoms. The van der Waals surface area contributed by atoms with Gasteiger partial charge < -0.3 is 0 Å². The molecule has 3 N–H and O–H groups in total. The molecule has 0 fully saturated rings. The summed E-state index contributed by atoms with van der Waals surface area (Å²) >= 11 is 1.97. The predicted octanol–water partition coefficient (Wildman–Crippen LogP) is 3.18. The Morgan fingerprint density at radius 2 is 2.31 bits per heavy atom. The Morgan fingerprint density at radius 1 is 1.50 bits per heavy atom. The second-order valence-corrected chi connectivity index (χ2v) is 6.03. The number of nitrogens with two attached hydrogens (primary N) is 1. The van der Waals surface area contributed by atoms with Crippen molar-refractivity contribution in [3.63, 3.8) is 0 Å². The van der Waals surface area contributed by atoms with Gasteiger partial charge in [-0.1, -0.05) is 20.3 Å². The highest BCUT2D eigenvalue weighted by Gasteiger charge is 2.22. The van der Waals surface area contributed by atoms with Crippen molar-refractivity contribution in [1.29, 1.82) is 0 Å². The van der Waals surface area contributed by atoms with E-state index in [2.05, 4.69) is 25.3 Å². The average molecular weight is 238 g/mol. The Balaban J connectivity index is 2.13. The maximum atomic E-state index is 5.71. The molecule has 0 amide bonds. The van der Waals surface area contributed by atoms with Crippen LogP contribution in [-0.4, -0.2) is 0 Å². The van der Waals surface area contributed by atoms with Crippen LogP contribution in [0.4, 0.5) is 0 Å². The highest BCUT2D eigenvalue weighted by molar-refractivity contribution is 7.12. The number of hydrogen-bond acceptors (Lipinski definition) is 3. The molecule has 1 aliphatic rings. The molecule has 1 aromatic heterocycles. The molecule has 2 nitrogen and oxygen atoms in total. The van der Waals surface area contributed by atoms with E-state index in [1.165, 1.54) is 37.0 Å². The van der Waals surface area contributed by atoms with Crippen molar-refractivity contribution in [2.24, 2.45) is 11.8 Å². The standard InChI is InChI=1S/C13H22N2S/c1-3-5-9(2)13(15-14)12-8-10-6-4-7-11(10)16-12/h8-9,13,15H,3-7,14H2,1-2H3. The SMILES string of the molecule is CCCC(C)C(NN)c1cc2c(s1)CCC2.